The minimum Gasteiger partial charge on any atom is -0.381 e. The molecule has 1 unspecified atom stereocenters. The Labute approximate surface area is 110 Å². The minimum atomic E-state index is -0.315. The Morgan fingerprint density at radius 3 is 2.56 bits per heavy atom. The first-order valence-corrected chi connectivity index (χ1v) is 6.58. The highest BCUT2D eigenvalue weighted by Gasteiger charge is 2.16. The molecule has 0 bridgehead atoms. The summed E-state index contributed by atoms with van der Waals surface area (Å²) < 4.78 is 10.8. The summed E-state index contributed by atoms with van der Waals surface area (Å²) in [5.41, 5.74) is 5.14. The second-order valence-electron chi connectivity index (χ2n) is 5.02. The molecule has 18 heavy (non-hydrogen) atoms. The fraction of sp³-hybridized carbons (Fsp3) is 0.923. The van der Waals surface area contributed by atoms with Crippen LogP contribution in [0.25, 0.3) is 0 Å². The van der Waals surface area contributed by atoms with Crippen molar-refractivity contribution in [2.75, 3.05) is 26.9 Å². The molecule has 0 aromatic carbocycles. The molecule has 5 heteroatoms. The lowest BCUT2D eigenvalue weighted by Crippen LogP contribution is -2.42. The van der Waals surface area contributed by atoms with Crippen molar-refractivity contribution in [1.29, 1.82) is 0 Å². The van der Waals surface area contributed by atoms with Crippen LogP contribution in [-0.2, 0) is 14.3 Å². The predicted octanol–water partition coefficient (Wildman–Crippen LogP) is 1.06. The molecule has 0 aromatic heterocycles. The average Bonchev–Trinajstić information content (AvgIpc) is 2.32. The largest absolute Gasteiger partial charge is 0.381 e. The van der Waals surface area contributed by atoms with Gasteiger partial charge in [-0.1, -0.05) is 6.92 Å². The monoisotopic (exact) mass is 260 g/mol. The fourth-order valence-electron chi connectivity index (χ4n) is 1.39. The van der Waals surface area contributed by atoms with Gasteiger partial charge in [0.05, 0.1) is 11.6 Å². The predicted molar refractivity (Wildman–Crippen MR) is 72.4 cm³/mol. The van der Waals surface area contributed by atoms with Gasteiger partial charge in [-0.3, -0.25) is 4.79 Å². The third-order valence-corrected chi connectivity index (χ3v) is 2.94. The number of carbonyl (C=O) groups excluding carboxylic acids is 1. The van der Waals surface area contributed by atoms with E-state index in [-0.39, 0.29) is 17.6 Å². The maximum Gasteiger partial charge on any atom is 0.234 e. The number of amides is 1. The number of hydrogen-bond acceptors (Lipinski definition) is 4. The molecule has 0 aliphatic carbocycles. The molecule has 1 atom stereocenters. The van der Waals surface area contributed by atoms with Gasteiger partial charge >= 0.3 is 0 Å². The van der Waals surface area contributed by atoms with E-state index in [2.05, 4.69) is 5.32 Å². The van der Waals surface area contributed by atoms with Crippen molar-refractivity contribution in [3.05, 3.63) is 0 Å². The summed E-state index contributed by atoms with van der Waals surface area (Å²) in [6.07, 6.45) is 2.42. The van der Waals surface area contributed by atoms with Gasteiger partial charge < -0.3 is 20.5 Å². The maximum absolute atomic E-state index is 11.2. The van der Waals surface area contributed by atoms with Gasteiger partial charge in [-0.05, 0) is 39.7 Å². The summed E-state index contributed by atoms with van der Waals surface area (Å²) in [6.45, 7) is 8.04. The van der Waals surface area contributed by atoms with Crippen molar-refractivity contribution in [1.82, 2.24) is 5.32 Å². The average molecular weight is 260 g/mol. The topological polar surface area (TPSA) is 73.6 Å². The van der Waals surface area contributed by atoms with Crippen molar-refractivity contribution in [3.63, 3.8) is 0 Å². The van der Waals surface area contributed by atoms with Crippen molar-refractivity contribution in [3.8, 4) is 0 Å². The third-order valence-electron chi connectivity index (χ3n) is 2.94. The van der Waals surface area contributed by atoms with Crippen LogP contribution in [0.3, 0.4) is 0 Å². The van der Waals surface area contributed by atoms with Gasteiger partial charge in [-0.2, -0.15) is 0 Å². The molecule has 0 heterocycles. The van der Waals surface area contributed by atoms with E-state index in [0.29, 0.717) is 19.6 Å². The maximum atomic E-state index is 11.2. The Bertz CT molecular complexity index is 232. The van der Waals surface area contributed by atoms with Crippen molar-refractivity contribution < 1.29 is 14.3 Å². The summed E-state index contributed by atoms with van der Waals surface area (Å²) >= 11 is 0. The highest BCUT2D eigenvalue weighted by molar-refractivity contribution is 5.79. The molecular weight excluding hydrogens is 232 g/mol. The van der Waals surface area contributed by atoms with Crippen LogP contribution in [0.2, 0.25) is 0 Å². The van der Waals surface area contributed by atoms with E-state index in [1.54, 1.807) is 7.11 Å². The molecule has 0 fully saturated rings. The van der Waals surface area contributed by atoms with Crippen LogP contribution in [-0.4, -0.2) is 44.4 Å². The highest BCUT2D eigenvalue weighted by atomic mass is 16.5. The second kappa shape index (κ2) is 9.30. The Hall–Kier alpha value is -0.650. The molecule has 0 saturated carbocycles. The molecule has 0 saturated heterocycles. The van der Waals surface area contributed by atoms with Crippen LogP contribution in [0.15, 0.2) is 0 Å². The van der Waals surface area contributed by atoms with Crippen molar-refractivity contribution in [2.24, 2.45) is 5.73 Å². The molecule has 0 aromatic rings. The van der Waals surface area contributed by atoms with Crippen LogP contribution in [0.1, 0.15) is 40.0 Å². The molecule has 0 aliphatic heterocycles. The minimum absolute atomic E-state index is 0.163. The highest BCUT2D eigenvalue weighted by Crippen LogP contribution is 2.12. The zero-order valence-electron chi connectivity index (χ0n) is 12.1. The number of nitrogens with two attached hydrogens (primary N) is 1. The number of hydrogen-bond donors (Lipinski definition) is 2. The van der Waals surface area contributed by atoms with Gasteiger partial charge in [0.1, 0.15) is 0 Å². The van der Waals surface area contributed by atoms with E-state index in [0.717, 1.165) is 19.4 Å². The van der Waals surface area contributed by atoms with E-state index in [9.17, 15) is 4.79 Å². The summed E-state index contributed by atoms with van der Waals surface area (Å²) in [5.74, 6) is -0.315. The van der Waals surface area contributed by atoms with Gasteiger partial charge in [0.25, 0.3) is 0 Å². The zero-order valence-corrected chi connectivity index (χ0v) is 12.1. The van der Waals surface area contributed by atoms with E-state index < -0.39 is 0 Å². The van der Waals surface area contributed by atoms with Gasteiger partial charge in [0.2, 0.25) is 5.91 Å². The number of primary amides is 1. The smallest absolute Gasteiger partial charge is 0.234 e. The van der Waals surface area contributed by atoms with E-state index >= 15 is 0 Å². The molecule has 0 rings (SSSR count). The number of nitrogens with one attached hydrogen (secondary N) is 1. The quantitative estimate of drug-likeness (QED) is 0.545. The number of methoxy groups -OCH3 is 1. The zero-order chi connectivity index (χ0) is 14.0. The lowest BCUT2D eigenvalue weighted by Gasteiger charge is -2.22. The SMILES string of the molecule is CCCNC(CCOCCC(C)(C)OC)C(N)=O. The molecule has 1 amide bonds. The van der Waals surface area contributed by atoms with Gasteiger partial charge in [0, 0.05) is 20.3 Å². The van der Waals surface area contributed by atoms with Crippen LogP contribution < -0.4 is 11.1 Å². The summed E-state index contributed by atoms with van der Waals surface area (Å²) in [4.78, 5) is 11.2. The van der Waals surface area contributed by atoms with Crippen LogP contribution in [0, 0.1) is 0 Å². The molecule has 0 spiro atoms. The van der Waals surface area contributed by atoms with E-state index in [4.69, 9.17) is 15.2 Å². The molecule has 0 radical (unpaired) electrons. The van der Waals surface area contributed by atoms with Crippen LogP contribution in [0.4, 0.5) is 0 Å². The number of carbonyl (C=O) groups is 1. The first kappa shape index (κ1) is 17.4. The van der Waals surface area contributed by atoms with Crippen LogP contribution >= 0.6 is 0 Å². The Kier molecular flexibility index (Phi) is 8.97. The normalized spacial score (nSPS) is 13.6. The molecule has 3 N–H and O–H groups in total. The summed E-state index contributed by atoms with van der Waals surface area (Å²) in [7, 11) is 1.69. The first-order valence-electron chi connectivity index (χ1n) is 6.58. The summed E-state index contributed by atoms with van der Waals surface area (Å²) in [6, 6.07) is -0.291. The lowest BCUT2D eigenvalue weighted by molar-refractivity contribution is -0.120. The molecule has 108 valence electrons. The number of rotatable bonds is 11. The van der Waals surface area contributed by atoms with Crippen molar-refractivity contribution in [2.45, 2.75) is 51.7 Å². The van der Waals surface area contributed by atoms with Gasteiger partial charge in [-0.25, -0.2) is 0 Å². The van der Waals surface area contributed by atoms with Gasteiger partial charge in [0.15, 0.2) is 0 Å². The Balaban J connectivity index is 3.70. The first-order chi connectivity index (χ1) is 8.43. The van der Waals surface area contributed by atoms with E-state index in [1.807, 2.05) is 20.8 Å². The molecule has 5 nitrogen and oxygen atoms in total. The molecular formula is C13H28N2O3. The Morgan fingerprint density at radius 2 is 2.06 bits per heavy atom. The van der Waals surface area contributed by atoms with Crippen LogP contribution in [0.5, 0.6) is 0 Å². The summed E-state index contributed by atoms with van der Waals surface area (Å²) in [5, 5.41) is 3.11. The lowest BCUT2D eigenvalue weighted by atomic mass is 10.1. The van der Waals surface area contributed by atoms with Crippen molar-refractivity contribution >= 4 is 5.91 Å². The van der Waals surface area contributed by atoms with E-state index in [1.165, 1.54) is 0 Å². The second-order valence-corrected chi connectivity index (χ2v) is 5.02. The Morgan fingerprint density at radius 1 is 1.39 bits per heavy atom. The van der Waals surface area contributed by atoms with Gasteiger partial charge in [-0.15, -0.1) is 0 Å². The number of ether oxygens (including phenoxy) is 2. The fourth-order valence-corrected chi connectivity index (χ4v) is 1.39. The standard InChI is InChI=1S/C13H28N2O3/c1-5-8-15-11(12(14)16)6-9-18-10-7-13(2,3)17-4/h11,15H,5-10H2,1-4H3,(H2,14,16). The molecule has 0 aliphatic rings. The third kappa shape index (κ3) is 8.44.